The fraction of sp³-hybridized carbons (Fsp3) is 0.619. The molecule has 4 rings (SSSR count). The Labute approximate surface area is 160 Å². The highest BCUT2D eigenvalue weighted by atomic mass is 16.6. The van der Waals surface area contributed by atoms with Crippen molar-refractivity contribution in [3.63, 3.8) is 0 Å². The Morgan fingerprint density at radius 1 is 1.15 bits per heavy atom. The number of morpholine rings is 1. The first-order valence-corrected chi connectivity index (χ1v) is 10.1. The van der Waals surface area contributed by atoms with Gasteiger partial charge < -0.3 is 14.8 Å². The highest BCUT2D eigenvalue weighted by molar-refractivity contribution is 5.97. The predicted molar refractivity (Wildman–Crippen MR) is 101 cm³/mol. The lowest BCUT2D eigenvalue weighted by molar-refractivity contribution is -0.153. The van der Waals surface area contributed by atoms with E-state index < -0.39 is 5.60 Å². The van der Waals surface area contributed by atoms with Crippen molar-refractivity contribution in [2.75, 3.05) is 31.6 Å². The third-order valence-corrected chi connectivity index (χ3v) is 6.11. The monoisotopic (exact) mass is 372 g/mol. The zero-order valence-corrected chi connectivity index (χ0v) is 15.7. The lowest BCUT2D eigenvalue weighted by atomic mass is 9.75. The van der Waals surface area contributed by atoms with Crippen molar-refractivity contribution in [3.8, 4) is 0 Å². The maximum Gasteiger partial charge on any atom is 0.307 e. The number of carbonyl (C=O) groups is 2. The number of ether oxygens (including phenoxy) is 2. The van der Waals surface area contributed by atoms with Crippen molar-refractivity contribution in [1.82, 2.24) is 4.90 Å². The van der Waals surface area contributed by atoms with Crippen molar-refractivity contribution in [2.24, 2.45) is 5.92 Å². The molecule has 2 saturated heterocycles. The summed E-state index contributed by atoms with van der Waals surface area (Å²) >= 11 is 0. The number of rotatable bonds is 4. The number of hydrogen-bond donors (Lipinski definition) is 1. The van der Waals surface area contributed by atoms with Crippen LogP contribution in [0.4, 0.5) is 5.69 Å². The Morgan fingerprint density at radius 2 is 1.89 bits per heavy atom. The van der Waals surface area contributed by atoms with Gasteiger partial charge in [0.05, 0.1) is 25.6 Å². The summed E-state index contributed by atoms with van der Waals surface area (Å²) in [5.41, 5.74) is 1.34. The van der Waals surface area contributed by atoms with Crippen LogP contribution in [0.3, 0.4) is 0 Å². The molecule has 3 aliphatic rings. The van der Waals surface area contributed by atoms with E-state index in [1.807, 2.05) is 18.2 Å². The molecule has 0 radical (unpaired) electrons. The van der Waals surface area contributed by atoms with Crippen LogP contribution in [0.1, 0.15) is 44.1 Å². The Balaban J connectivity index is 1.48. The number of anilines is 1. The SMILES string of the molecule is O=C1CC(C(=O)Nc2ccccc2CN2CCOCC2)C2(CCCCC2)O1. The first-order valence-electron chi connectivity index (χ1n) is 10.1. The van der Waals surface area contributed by atoms with Gasteiger partial charge in [-0.2, -0.15) is 0 Å². The molecule has 0 bridgehead atoms. The molecule has 1 amide bonds. The summed E-state index contributed by atoms with van der Waals surface area (Å²) < 4.78 is 11.1. The molecular weight excluding hydrogens is 344 g/mol. The van der Waals surface area contributed by atoms with E-state index in [1.165, 1.54) is 0 Å². The van der Waals surface area contributed by atoms with E-state index in [2.05, 4.69) is 16.3 Å². The topological polar surface area (TPSA) is 67.9 Å². The molecule has 2 heterocycles. The largest absolute Gasteiger partial charge is 0.458 e. The van der Waals surface area contributed by atoms with Crippen molar-refractivity contribution in [2.45, 2.75) is 50.7 Å². The highest BCUT2D eigenvalue weighted by Gasteiger charge is 2.52. The molecule has 1 saturated carbocycles. The van der Waals surface area contributed by atoms with Gasteiger partial charge in [-0.15, -0.1) is 0 Å². The lowest BCUT2D eigenvalue weighted by Gasteiger charge is -2.36. The van der Waals surface area contributed by atoms with Crippen LogP contribution in [0.2, 0.25) is 0 Å². The minimum atomic E-state index is -0.585. The third-order valence-electron chi connectivity index (χ3n) is 6.11. The van der Waals surface area contributed by atoms with Crippen LogP contribution in [0, 0.1) is 5.92 Å². The average Bonchev–Trinajstić information content (AvgIpc) is 3.00. The fourth-order valence-electron chi connectivity index (χ4n) is 4.62. The second-order valence-electron chi connectivity index (χ2n) is 7.89. The molecule has 6 heteroatoms. The molecule has 1 aromatic rings. The van der Waals surface area contributed by atoms with Gasteiger partial charge in [-0.25, -0.2) is 0 Å². The molecule has 146 valence electrons. The van der Waals surface area contributed by atoms with Crippen molar-refractivity contribution in [3.05, 3.63) is 29.8 Å². The van der Waals surface area contributed by atoms with E-state index in [0.717, 1.165) is 76.2 Å². The van der Waals surface area contributed by atoms with Gasteiger partial charge in [0.2, 0.25) is 5.91 Å². The van der Waals surface area contributed by atoms with E-state index >= 15 is 0 Å². The van der Waals surface area contributed by atoms with Crippen LogP contribution in [-0.2, 0) is 25.6 Å². The predicted octanol–water partition coefficient (Wildman–Crippen LogP) is 2.72. The van der Waals surface area contributed by atoms with E-state index in [-0.39, 0.29) is 24.2 Å². The van der Waals surface area contributed by atoms with Crippen LogP contribution in [-0.4, -0.2) is 48.7 Å². The Bertz CT molecular complexity index is 693. The van der Waals surface area contributed by atoms with Gasteiger partial charge >= 0.3 is 5.97 Å². The van der Waals surface area contributed by atoms with Crippen molar-refractivity contribution < 1.29 is 19.1 Å². The molecule has 1 aliphatic carbocycles. The number of nitrogens with one attached hydrogen (secondary N) is 1. The number of para-hydroxylation sites is 1. The van der Waals surface area contributed by atoms with Crippen LogP contribution in [0.25, 0.3) is 0 Å². The standard InChI is InChI=1S/C21H28N2O4/c24-19-14-17(21(27-19)8-4-1-5-9-21)20(25)22-18-7-3-2-6-16(18)15-23-10-12-26-13-11-23/h2-3,6-7,17H,1,4-5,8-15H2,(H,22,25). The summed E-state index contributed by atoms with van der Waals surface area (Å²) in [5.74, 6) is -0.711. The maximum atomic E-state index is 13.1. The fourth-order valence-corrected chi connectivity index (χ4v) is 4.62. The van der Waals surface area contributed by atoms with Gasteiger partial charge in [0, 0.05) is 25.3 Å². The molecule has 1 spiro atoms. The van der Waals surface area contributed by atoms with Gasteiger partial charge in [0.1, 0.15) is 5.60 Å². The van der Waals surface area contributed by atoms with E-state index in [1.54, 1.807) is 0 Å². The van der Waals surface area contributed by atoms with Gasteiger partial charge in [0.15, 0.2) is 0 Å². The summed E-state index contributed by atoms with van der Waals surface area (Å²) in [6.07, 6.45) is 4.97. The zero-order chi connectivity index (χ0) is 18.7. The minimum absolute atomic E-state index is 0.0859. The number of nitrogens with zero attached hydrogens (tertiary/aromatic N) is 1. The van der Waals surface area contributed by atoms with E-state index in [9.17, 15) is 9.59 Å². The molecular formula is C21H28N2O4. The summed E-state index contributed by atoms with van der Waals surface area (Å²) in [7, 11) is 0. The second-order valence-corrected chi connectivity index (χ2v) is 7.89. The molecule has 2 aliphatic heterocycles. The first-order chi connectivity index (χ1) is 13.2. The summed E-state index contributed by atoms with van der Waals surface area (Å²) in [6.45, 7) is 4.08. The van der Waals surface area contributed by atoms with Crippen LogP contribution < -0.4 is 5.32 Å². The van der Waals surface area contributed by atoms with Gasteiger partial charge in [-0.05, 0) is 37.3 Å². The Kier molecular flexibility index (Phi) is 5.45. The summed E-state index contributed by atoms with van der Waals surface area (Å²) in [4.78, 5) is 27.4. The summed E-state index contributed by atoms with van der Waals surface area (Å²) in [5, 5.41) is 3.11. The number of esters is 1. The zero-order valence-electron chi connectivity index (χ0n) is 15.7. The lowest BCUT2D eigenvalue weighted by Crippen LogP contribution is -2.43. The number of benzene rings is 1. The first kappa shape index (κ1) is 18.4. The molecule has 1 unspecified atom stereocenters. The second kappa shape index (κ2) is 7.98. The average molecular weight is 372 g/mol. The molecule has 0 aromatic heterocycles. The number of carbonyl (C=O) groups excluding carboxylic acids is 2. The van der Waals surface area contributed by atoms with Gasteiger partial charge in [-0.1, -0.05) is 24.6 Å². The number of hydrogen-bond acceptors (Lipinski definition) is 5. The molecule has 1 atom stereocenters. The van der Waals surface area contributed by atoms with Crippen LogP contribution in [0.15, 0.2) is 24.3 Å². The summed E-state index contributed by atoms with van der Waals surface area (Å²) in [6, 6.07) is 7.93. The molecule has 1 N–H and O–H groups in total. The van der Waals surface area contributed by atoms with Crippen LogP contribution in [0.5, 0.6) is 0 Å². The molecule has 6 nitrogen and oxygen atoms in total. The van der Waals surface area contributed by atoms with Gasteiger partial charge in [-0.3, -0.25) is 14.5 Å². The van der Waals surface area contributed by atoms with Crippen molar-refractivity contribution in [1.29, 1.82) is 0 Å². The smallest absolute Gasteiger partial charge is 0.307 e. The molecule has 1 aromatic carbocycles. The van der Waals surface area contributed by atoms with E-state index in [0.29, 0.717) is 0 Å². The normalized spacial score (nSPS) is 25.3. The highest BCUT2D eigenvalue weighted by Crippen LogP contribution is 2.44. The van der Waals surface area contributed by atoms with Gasteiger partial charge in [0.25, 0.3) is 0 Å². The Morgan fingerprint density at radius 3 is 2.67 bits per heavy atom. The van der Waals surface area contributed by atoms with E-state index in [4.69, 9.17) is 9.47 Å². The maximum absolute atomic E-state index is 13.1. The Hall–Kier alpha value is -1.92. The van der Waals surface area contributed by atoms with Crippen molar-refractivity contribution >= 4 is 17.6 Å². The minimum Gasteiger partial charge on any atom is -0.458 e. The molecule has 3 fully saturated rings. The third kappa shape index (κ3) is 4.01. The number of amides is 1. The quantitative estimate of drug-likeness (QED) is 0.823. The van der Waals surface area contributed by atoms with Crippen LogP contribution >= 0.6 is 0 Å². The molecule has 27 heavy (non-hydrogen) atoms.